The standard InChI is InChI=1S/C13H23NO2/c1-12(7-11-16-13(2)15)6-10-14-8-4-3-5-9-14/h6H,3-5,7-11H2,1-2H3. The molecule has 0 aromatic rings. The molecule has 0 aromatic heterocycles. The lowest BCUT2D eigenvalue weighted by atomic mass is 10.1. The predicted molar refractivity (Wildman–Crippen MR) is 65.3 cm³/mol. The Morgan fingerprint density at radius 1 is 1.25 bits per heavy atom. The number of hydrogen-bond acceptors (Lipinski definition) is 3. The second-order valence-electron chi connectivity index (χ2n) is 4.50. The molecule has 1 saturated heterocycles. The lowest BCUT2D eigenvalue weighted by Gasteiger charge is -2.25. The van der Waals surface area contributed by atoms with Crippen molar-refractivity contribution < 1.29 is 9.53 Å². The van der Waals surface area contributed by atoms with Gasteiger partial charge in [0, 0.05) is 19.9 Å². The maximum absolute atomic E-state index is 10.6. The van der Waals surface area contributed by atoms with E-state index in [1.807, 2.05) is 0 Å². The number of carbonyl (C=O) groups is 1. The number of piperidine rings is 1. The van der Waals surface area contributed by atoms with Gasteiger partial charge in [0.25, 0.3) is 0 Å². The summed E-state index contributed by atoms with van der Waals surface area (Å²) >= 11 is 0. The smallest absolute Gasteiger partial charge is 0.302 e. The van der Waals surface area contributed by atoms with Crippen molar-refractivity contribution in [1.82, 2.24) is 4.90 Å². The molecule has 0 N–H and O–H groups in total. The fraction of sp³-hybridized carbons (Fsp3) is 0.769. The van der Waals surface area contributed by atoms with E-state index in [2.05, 4.69) is 17.9 Å². The van der Waals surface area contributed by atoms with Crippen LogP contribution in [0, 0.1) is 0 Å². The second kappa shape index (κ2) is 7.44. The van der Waals surface area contributed by atoms with Gasteiger partial charge >= 0.3 is 5.97 Å². The predicted octanol–water partition coefficient (Wildman–Crippen LogP) is 2.37. The third-order valence-corrected chi connectivity index (χ3v) is 2.95. The van der Waals surface area contributed by atoms with E-state index in [4.69, 9.17) is 4.74 Å². The first-order valence-electron chi connectivity index (χ1n) is 6.20. The highest BCUT2D eigenvalue weighted by molar-refractivity contribution is 5.65. The largest absolute Gasteiger partial charge is 0.466 e. The van der Waals surface area contributed by atoms with Crippen LogP contribution in [-0.2, 0) is 9.53 Å². The van der Waals surface area contributed by atoms with Crippen LogP contribution < -0.4 is 0 Å². The molecule has 0 saturated carbocycles. The quantitative estimate of drug-likeness (QED) is 0.531. The van der Waals surface area contributed by atoms with Crippen LogP contribution in [0.25, 0.3) is 0 Å². The Morgan fingerprint density at radius 2 is 1.94 bits per heavy atom. The Labute approximate surface area is 98.5 Å². The molecule has 1 aliphatic rings. The van der Waals surface area contributed by atoms with Crippen molar-refractivity contribution in [2.45, 2.75) is 39.5 Å². The van der Waals surface area contributed by atoms with E-state index in [-0.39, 0.29) is 5.97 Å². The van der Waals surface area contributed by atoms with E-state index < -0.39 is 0 Å². The van der Waals surface area contributed by atoms with Crippen molar-refractivity contribution in [2.24, 2.45) is 0 Å². The number of hydrogen-bond donors (Lipinski definition) is 0. The van der Waals surface area contributed by atoms with Gasteiger partial charge in [0.15, 0.2) is 0 Å². The van der Waals surface area contributed by atoms with Crippen LogP contribution in [0.5, 0.6) is 0 Å². The van der Waals surface area contributed by atoms with Crippen LogP contribution in [0.4, 0.5) is 0 Å². The summed E-state index contributed by atoms with van der Waals surface area (Å²) in [7, 11) is 0. The number of carbonyl (C=O) groups excluding carboxylic acids is 1. The first-order valence-corrected chi connectivity index (χ1v) is 6.20. The maximum atomic E-state index is 10.6. The van der Waals surface area contributed by atoms with E-state index >= 15 is 0 Å². The minimum absolute atomic E-state index is 0.191. The zero-order valence-corrected chi connectivity index (χ0v) is 10.5. The van der Waals surface area contributed by atoms with Gasteiger partial charge in [-0.1, -0.05) is 18.1 Å². The van der Waals surface area contributed by atoms with Crippen LogP contribution in [0.15, 0.2) is 11.6 Å². The molecular weight excluding hydrogens is 202 g/mol. The molecule has 1 fully saturated rings. The summed E-state index contributed by atoms with van der Waals surface area (Å²) in [4.78, 5) is 13.1. The minimum Gasteiger partial charge on any atom is -0.466 e. The molecule has 0 aromatic carbocycles. The molecule has 0 radical (unpaired) electrons. The Hall–Kier alpha value is -0.830. The number of nitrogens with zero attached hydrogens (tertiary/aromatic N) is 1. The minimum atomic E-state index is -0.191. The van der Waals surface area contributed by atoms with E-state index in [0.717, 1.165) is 13.0 Å². The van der Waals surface area contributed by atoms with Gasteiger partial charge in [0.1, 0.15) is 0 Å². The monoisotopic (exact) mass is 225 g/mol. The summed E-state index contributed by atoms with van der Waals surface area (Å²) < 4.78 is 4.91. The molecule has 0 amide bonds. The molecule has 92 valence electrons. The summed E-state index contributed by atoms with van der Waals surface area (Å²) in [5.74, 6) is -0.191. The van der Waals surface area contributed by atoms with Crippen LogP contribution in [0.2, 0.25) is 0 Å². The molecule has 16 heavy (non-hydrogen) atoms. The lowest BCUT2D eigenvalue weighted by molar-refractivity contribution is -0.140. The Kier molecular flexibility index (Phi) is 6.16. The summed E-state index contributed by atoms with van der Waals surface area (Å²) in [5, 5.41) is 0. The Morgan fingerprint density at radius 3 is 2.56 bits per heavy atom. The topological polar surface area (TPSA) is 29.5 Å². The van der Waals surface area contributed by atoms with Crippen molar-refractivity contribution in [1.29, 1.82) is 0 Å². The Bertz CT molecular complexity index is 242. The van der Waals surface area contributed by atoms with Gasteiger partial charge in [-0.3, -0.25) is 9.69 Å². The molecule has 0 spiro atoms. The fourth-order valence-corrected chi connectivity index (χ4v) is 1.88. The highest BCUT2D eigenvalue weighted by Gasteiger charge is 2.07. The third kappa shape index (κ3) is 5.91. The van der Waals surface area contributed by atoms with Gasteiger partial charge in [-0.05, 0) is 32.9 Å². The number of ether oxygens (including phenoxy) is 1. The molecule has 0 atom stereocenters. The lowest BCUT2D eigenvalue weighted by Crippen LogP contribution is -2.29. The SMILES string of the molecule is CC(=O)OCCC(C)=CCN1CCCCC1. The number of likely N-dealkylation sites (tertiary alicyclic amines) is 1. The van der Waals surface area contributed by atoms with Crippen LogP contribution in [0.1, 0.15) is 39.5 Å². The molecule has 3 heteroatoms. The molecule has 1 rings (SSSR count). The highest BCUT2D eigenvalue weighted by Crippen LogP contribution is 2.09. The molecular formula is C13H23NO2. The average molecular weight is 225 g/mol. The Balaban J connectivity index is 2.14. The summed E-state index contributed by atoms with van der Waals surface area (Å²) in [6, 6.07) is 0. The zero-order valence-electron chi connectivity index (χ0n) is 10.5. The van der Waals surface area contributed by atoms with Gasteiger partial charge in [-0.15, -0.1) is 0 Å². The van der Waals surface area contributed by atoms with Crippen LogP contribution >= 0.6 is 0 Å². The van der Waals surface area contributed by atoms with E-state index in [1.54, 1.807) is 0 Å². The molecule has 0 aliphatic carbocycles. The third-order valence-electron chi connectivity index (χ3n) is 2.95. The van der Waals surface area contributed by atoms with Crippen molar-refractivity contribution in [3.05, 3.63) is 11.6 Å². The molecule has 0 unspecified atom stereocenters. The number of esters is 1. The molecule has 1 heterocycles. The average Bonchev–Trinajstić information content (AvgIpc) is 2.27. The van der Waals surface area contributed by atoms with Crippen molar-refractivity contribution in [3.63, 3.8) is 0 Å². The first kappa shape index (κ1) is 13.2. The van der Waals surface area contributed by atoms with Crippen molar-refractivity contribution >= 4 is 5.97 Å². The fourth-order valence-electron chi connectivity index (χ4n) is 1.88. The van der Waals surface area contributed by atoms with Gasteiger partial charge in [0.05, 0.1) is 6.61 Å². The van der Waals surface area contributed by atoms with Crippen LogP contribution in [0.3, 0.4) is 0 Å². The number of rotatable bonds is 5. The van der Waals surface area contributed by atoms with Gasteiger partial charge in [0.2, 0.25) is 0 Å². The van der Waals surface area contributed by atoms with Crippen molar-refractivity contribution in [3.8, 4) is 0 Å². The second-order valence-corrected chi connectivity index (χ2v) is 4.50. The normalized spacial score (nSPS) is 18.5. The van der Waals surface area contributed by atoms with Crippen LogP contribution in [-0.4, -0.2) is 37.1 Å². The first-order chi connectivity index (χ1) is 7.68. The van der Waals surface area contributed by atoms with Gasteiger partial charge < -0.3 is 4.74 Å². The van der Waals surface area contributed by atoms with Gasteiger partial charge in [-0.25, -0.2) is 0 Å². The highest BCUT2D eigenvalue weighted by atomic mass is 16.5. The van der Waals surface area contributed by atoms with Crippen molar-refractivity contribution in [2.75, 3.05) is 26.2 Å². The molecule has 3 nitrogen and oxygen atoms in total. The summed E-state index contributed by atoms with van der Waals surface area (Å²) in [6.07, 6.45) is 7.16. The summed E-state index contributed by atoms with van der Waals surface area (Å²) in [6.45, 7) is 7.57. The molecule has 0 bridgehead atoms. The van der Waals surface area contributed by atoms with E-state index in [1.165, 1.54) is 44.8 Å². The zero-order chi connectivity index (χ0) is 11.8. The van der Waals surface area contributed by atoms with E-state index in [0.29, 0.717) is 6.61 Å². The maximum Gasteiger partial charge on any atom is 0.302 e. The van der Waals surface area contributed by atoms with Gasteiger partial charge in [-0.2, -0.15) is 0 Å². The molecule has 1 aliphatic heterocycles. The van der Waals surface area contributed by atoms with E-state index in [9.17, 15) is 4.79 Å². The summed E-state index contributed by atoms with van der Waals surface area (Å²) in [5.41, 5.74) is 1.31.